The van der Waals surface area contributed by atoms with E-state index in [1.165, 1.54) is 31.2 Å². The molecule has 0 unspecified atom stereocenters. The second-order valence-electron chi connectivity index (χ2n) is 7.19. The number of rotatable bonds is 9. The summed E-state index contributed by atoms with van der Waals surface area (Å²) in [6, 6.07) is 9.97. The van der Waals surface area contributed by atoms with Gasteiger partial charge in [0.2, 0.25) is 0 Å². The van der Waals surface area contributed by atoms with Gasteiger partial charge in [0, 0.05) is 0 Å². The number of nitriles is 1. The van der Waals surface area contributed by atoms with Crippen LogP contribution in [0.25, 0.3) is 0 Å². The highest BCUT2D eigenvalue weighted by Crippen LogP contribution is 2.34. The van der Waals surface area contributed by atoms with Crippen LogP contribution in [0.1, 0.15) is 88.2 Å². The van der Waals surface area contributed by atoms with E-state index in [2.05, 4.69) is 13.0 Å². The van der Waals surface area contributed by atoms with Gasteiger partial charge < -0.3 is 9.47 Å². The molecule has 1 fully saturated rings. The first-order valence-electron chi connectivity index (χ1n) is 10.1. The topological polar surface area (TPSA) is 59.3 Å². The van der Waals surface area contributed by atoms with Crippen molar-refractivity contribution in [2.24, 2.45) is 0 Å². The molecular formula is C22H31NO3. The zero-order valence-electron chi connectivity index (χ0n) is 15.9. The van der Waals surface area contributed by atoms with Gasteiger partial charge in [-0.25, -0.2) is 4.79 Å². The van der Waals surface area contributed by atoms with Crippen molar-refractivity contribution < 1.29 is 14.3 Å². The lowest BCUT2D eigenvalue weighted by molar-refractivity contribution is 0.00863. The van der Waals surface area contributed by atoms with E-state index in [1.54, 1.807) is 0 Å². The molecule has 4 nitrogen and oxygen atoms in total. The van der Waals surface area contributed by atoms with Crippen LogP contribution in [0.5, 0.6) is 0 Å². The summed E-state index contributed by atoms with van der Waals surface area (Å²) >= 11 is 0. The molecule has 26 heavy (non-hydrogen) atoms. The molecule has 0 atom stereocenters. The normalized spacial score (nSPS) is 19.5. The molecule has 0 N–H and O–H groups in total. The van der Waals surface area contributed by atoms with Gasteiger partial charge in [0.05, 0.1) is 18.2 Å². The van der Waals surface area contributed by atoms with Crippen LogP contribution in [-0.4, -0.2) is 18.9 Å². The van der Waals surface area contributed by atoms with Crippen molar-refractivity contribution >= 4 is 6.16 Å². The number of hydrogen-bond donors (Lipinski definition) is 0. The maximum atomic E-state index is 11.8. The average Bonchev–Trinajstić information content (AvgIpc) is 2.68. The van der Waals surface area contributed by atoms with Crippen LogP contribution in [0.4, 0.5) is 4.79 Å². The number of nitrogens with zero attached hydrogens (tertiary/aromatic N) is 1. The summed E-state index contributed by atoms with van der Waals surface area (Å²) in [5.74, 6) is 0.488. The third-order valence-electron chi connectivity index (χ3n) is 5.17. The Labute approximate surface area is 157 Å². The lowest BCUT2D eigenvalue weighted by Crippen LogP contribution is -2.24. The largest absolute Gasteiger partial charge is 0.508 e. The average molecular weight is 357 g/mol. The summed E-state index contributed by atoms with van der Waals surface area (Å²) in [4.78, 5) is 11.8. The zero-order valence-corrected chi connectivity index (χ0v) is 15.9. The van der Waals surface area contributed by atoms with E-state index in [4.69, 9.17) is 14.7 Å². The number of benzene rings is 1. The van der Waals surface area contributed by atoms with Crippen LogP contribution >= 0.6 is 0 Å². The highest BCUT2D eigenvalue weighted by molar-refractivity contribution is 5.60. The molecule has 4 heteroatoms. The van der Waals surface area contributed by atoms with Crippen LogP contribution in [0.15, 0.2) is 24.3 Å². The second kappa shape index (κ2) is 11.6. The first-order chi connectivity index (χ1) is 12.7. The standard InChI is InChI=1S/C22H31NO3/c1-2-3-4-5-6-7-16-25-22(24)26-21-14-12-20(13-15-21)19-10-8-18(17-23)9-11-19/h8-11,20-21H,2-7,12-16H2,1H3. The van der Waals surface area contributed by atoms with Crippen LogP contribution < -0.4 is 0 Å². The molecule has 0 aliphatic heterocycles. The molecule has 0 heterocycles. The van der Waals surface area contributed by atoms with E-state index >= 15 is 0 Å². The summed E-state index contributed by atoms with van der Waals surface area (Å²) in [5, 5.41) is 8.87. The van der Waals surface area contributed by atoms with Gasteiger partial charge in [-0.1, -0.05) is 51.2 Å². The third kappa shape index (κ3) is 7.07. The molecular weight excluding hydrogens is 326 g/mol. The smallest absolute Gasteiger partial charge is 0.434 e. The first kappa shape index (κ1) is 20.3. The summed E-state index contributed by atoms with van der Waals surface area (Å²) < 4.78 is 10.6. The number of carbonyl (C=O) groups is 1. The van der Waals surface area contributed by atoms with Gasteiger partial charge in [-0.15, -0.1) is 0 Å². The van der Waals surface area contributed by atoms with Crippen molar-refractivity contribution in [2.45, 2.75) is 83.2 Å². The van der Waals surface area contributed by atoms with E-state index < -0.39 is 6.16 Å². The lowest BCUT2D eigenvalue weighted by Gasteiger charge is -2.28. The zero-order chi connectivity index (χ0) is 18.6. The summed E-state index contributed by atoms with van der Waals surface area (Å²) in [6.45, 7) is 2.67. The van der Waals surface area contributed by atoms with E-state index in [0.717, 1.165) is 38.5 Å². The molecule has 142 valence electrons. The van der Waals surface area contributed by atoms with Crippen LogP contribution in [-0.2, 0) is 9.47 Å². The van der Waals surface area contributed by atoms with Crippen molar-refractivity contribution in [3.63, 3.8) is 0 Å². The summed E-state index contributed by atoms with van der Waals surface area (Å²) in [5.41, 5.74) is 1.96. The van der Waals surface area contributed by atoms with Crippen LogP contribution in [0.2, 0.25) is 0 Å². The monoisotopic (exact) mass is 357 g/mol. The Morgan fingerprint density at radius 2 is 1.69 bits per heavy atom. The quantitative estimate of drug-likeness (QED) is 0.396. The van der Waals surface area contributed by atoms with Crippen molar-refractivity contribution in [2.75, 3.05) is 6.61 Å². The molecule has 0 radical (unpaired) electrons. The Bertz CT molecular complexity index is 568. The molecule has 1 saturated carbocycles. The molecule has 2 rings (SSSR count). The fraction of sp³-hybridized carbons (Fsp3) is 0.636. The van der Waals surface area contributed by atoms with Gasteiger partial charge in [0.15, 0.2) is 0 Å². The molecule has 1 aliphatic rings. The highest BCUT2D eigenvalue weighted by Gasteiger charge is 2.25. The van der Waals surface area contributed by atoms with Crippen molar-refractivity contribution in [1.29, 1.82) is 5.26 Å². The minimum absolute atomic E-state index is 0.0262. The van der Waals surface area contributed by atoms with Crippen molar-refractivity contribution in [1.82, 2.24) is 0 Å². The number of ether oxygens (including phenoxy) is 2. The summed E-state index contributed by atoms with van der Waals surface area (Å²) in [7, 11) is 0. The minimum Gasteiger partial charge on any atom is -0.434 e. The van der Waals surface area contributed by atoms with E-state index in [0.29, 0.717) is 18.1 Å². The van der Waals surface area contributed by atoms with Crippen molar-refractivity contribution in [3.05, 3.63) is 35.4 Å². The lowest BCUT2D eigenvalue weighted by atomic mass is 9.82. The Balaban J connectivity index is 1.59. The molecule has 0 amide bonds. The molecule has 1 aromatic rings. The van der Waals surface area contributed by atoms with Gasteiger partial charge in [-0.05, 0) is 55.7 Å². The highest BCUT2D eigenvalue weighted by atomic mass is 16.7. The van der Waals surface area contributed by atoms with Gasteiger partial charge in [-0.3, -0.25) is 0 Å². The number of carbonyl (C=O) groups excluding carboxylic acids is 1. The van der Waals surface area contributed by atoms with Gasteiger partial charge in [0.1, 0.15) is 6.10 Å². The van der Waals surface area contributed by atoms with Gasteiger partial charge in [0.25, 0.3) is 0 Å². The Hall–Kier alpha value is -2.02. The molecule has 0 spiro atoms. The molecule has 0 saturated heterocycles. The van der Waals surface area contributed by atoms with E-state index in [1.807, 2.05) is 24.3 Å². The third-order valence-corrected chi connectivity index (χ3v) is 5.17. The fourth-order valence-electron chi connectivity index (χ4n) is 3.55. The predicted molar refractivity (Wildman–Crippen MR) is 102 cm³/mol. The Morgan fingerprint density at radius 1 is 1.04 bits per heavy atom. The SMILES string of the molecule is CCCCCCCCOC(=O)OC1CCC(c2ccc(C#N)cc2)CC1. The Kier molecular flexibility index (Phi) is 9.03. The minimum atomic E-state index is -0.514. The molecule has 1 aliphatic carbocycles. The molecule has 1 aromatic carbocycles. The van der Waals surface area contributed by atoms with Crippen LogP contribution in [0, 0.1) is 11.3 Å². The predicted octanol–water partition coefficient (Wildman–Crippen LogP) is 6.10. The number of hydrogen-bond acceptors (Lipinski definition) is 4. The fourth-order valence-corrected chi connectivity index (χ4v) is 3.55. The van der Waals surface area contributed by atoms with Gasteiger partial charge >= 0.3 is 6.16 Å². The maximum absolute atomic E-state index is 11.8. The summed E-state index contributed by atoms with van der Waals surface area (Å²) in [6.07, 6.45) is 10.3. The Morgan fingerprint density at radius 3 is 2.35 bits per heavy atom. The molecule has 0 bridgehead atoms. The van der Waals surface area contributed by atoms with Crippen LogP contribution in [0.3, 0.4) is 0 Å². The van der Waals surface area contributed by atoms with Crippen molar-refractivity contribution in [3.8, 4) is 6.07 Å². The van der Waals surface area contributed by atoms with Gasteiger partial charge in [-0.2, -0.15) is 5.26 Å². The number of unbranched alkanes of at least 4 members (excludes halogenated alkanes) is 5. The first-order valence-corrected chi connectivity index (χ1v) is 10.1. The second-order valence-corrected chi connectivity index (χ2v) is 7.19. The van der Waals surface area contributed by atoms with E-state index in [9.17, 15) is 4.79 Å². The molecule has 0 aromatic heterocycles. The van der Waals surface area contributed by atoms with E-state index in [-0.39, 0.29) is 6.10 Å². The maximum Gasteiger partial charge on any atom is 0.508 e.